The second kappa shape index (κ2) is 3.26. The quantitative estimate of drug-likeness (QED) is 0.722. The second-order valence-corrected chi connectivity index (χ2v) is 4.73. The van der Waals surface area contributed by atoms with E-state index < -0.39 is 0 Å². The molecule has 1 aromatic heterocycles. The van der Waals surface area contributed by atoms with Gasteiger partial charge in [-0.25, -0.2) is 4.98 Å². The average molecular weight is 324 g/mol. The fourth-order valence-electron chi connectivity index (χ4n) is 1.19. The zero-order chi connectivity index (χ0) is 9.59. The van der Waals surface area contributed by atoms with Crippen LogP contribution in [0.3, 0.4) is 0 Å². The summed E-state index contributed by atoms with van der Waals surface area (Å²) in [5.74, 6) is 0. The molecule has 0 aliphatic carbocycles. The molecule has 0 radical (unpaired) electrons. The van der Waals surface area contributed by atoms with Crippen molar-refractivity contribution in [3.63, 3.8) is 0 Å². The molecule has 0 saturated carbocycles. The van der Waals surface area contributed by atoms with Crippen molar-refractivity contribution in [2.24, 2.45) is 7.05 Å². The van der Waals surface area contributed by atoms with Gasteiger partial charge >= 0.3 is 0 Å². The maximum Gasteiger partial charge on any atom is 0.177 e. The van der Waals surface area contributed by atoms with Gasteiger partial charge in [0.25, 0.3) is 0 Å². The van der Waals surface area contributed by atoms with Crippen molar-refractivity contribution in [1.29, 1.82) is 0 Å². The van der Waals surface area contributed by atoms with Crippen molar-refractivity contribution < 1.29 is 0 Å². The number of aromatic nitrogens is 2. The second-order valence-electron chi connectivity index (χ2n) is 2.70. The first-order valence-electron chi connectivity index (χ1n) is 3.56. The lowest BCUT2D eigenvalue weighted by Gasteiger charge is -1.97. The zero-order valence-corrected chi connectivity index (χ0v) is 10.6. The molecule has 2 rings (SSSR count). The van der Waals surface area contributed by atoms with E-state index in [2.05, 4.69) is 36.8 Å². The lowest BCUT2D eigenvalue weighted by Crippen LogP contribution is -1.86. The van der Waals surface area contributed by atoms with Crippen LogP contribution in [0.1, 0.15) is 0 Å². The molecule has 0 aliphatic rings. The molecule has 0 unspecified atom stereocenters. The van der Waals surface area contributed by atoms with Crippen LogP contribution >= 0.6 is 43.5 Å². The van der Waals surface area contributed by atoms with Gasteiger partial charge in [-0.05, 0) is 28.1 Å². The molecule has 5 heteroatoms. The number of hydrogen-bond acceptors (Lipinski definition) is 1. The third-order valence-corrected chi connectivity index (χ3v) is 3.31. The lowest BCUT2D eigenvalue weighted by atomic mass is 10.3. The van der Waals surface area contributed by atoms with Gasteiger partial charge in [0.05, 0.1) is 10.5 Å². The molecule has 0 fully saturated rings. The standard InChI is InChI=1S/C8H5Br2ClN2/c1-13-6-3-4(9)2-5(11)7(6)12-8(13)10/h2-3H,1H3. The molecule has 1 aromatic carbocycles. The number of benzene rings is 1. The van der Waals surface area contributed by atoms with E-state index in [1.54, 1.807) is 0 Å². The van der Waals surface area contributed by atoms with E-state index in [4.69, 9.17) is 11.6 Å². The van der Waals surface area contributed by atoms with Crippen LogP contribution < -0.4 is 0 Å². The van der Waals surface area contributed by atoms with Crippen molar-refractivity contribution in [2.45, 2.75) is 0 Å². The van der Waals surface area contributed by atoms with E-state index in [0.717, 1.165) is 20.2 Å². The van der Waals surface area contributed by atoms with Crippen LogP contribution in [0.2, 0.25) is 5.02 Å². The summed E-state index contributed by atoms with van der Waals surface area (Å²) in [6.45, 7) is 0. The minimum Gasteiger partial charge on any atom is -0.322 e. The van der Waals surface area contributed by atoms with Gasteiger partial charge in [0.1, 0.15) is 5.52 Å². The Balaban J connectivity index is 2.94. The fourth-order valence-corrected chi connectivity index (χ4v) is 2.39. The van der Waals surface area contributed by atoms with E-state index in [1.165, 1.54) is 0 Å². The Morgan fingerprint density at radius 3 is 2.77 bits per heavy atom. The molecule has 2 aromatic rings. The zero-order valence-electron chi connectivity index (χ0n) is 6.68. The smallest absolute Gasteiger partial charge is 0.177 e. The Labute approximate surface area is 97.2 Å². The SMILES string of the molecule is Cn1c(Br)nc2c(Cl)cc(Br)cc21. The summed E-state index contributed by atoms with van der Waals surface area (Å²) in [7, 11) is 1.93. The molecule has 0 bridgehead atoms. The summed E-state index contributed by atoms with van der Waals surface area (Å²) >= 11 is 12.8. The van der Waals surface area contributed by atoms with Crippen LogP contribution in [0.5, 0.6) is 0 Å². The lowest BCUT2D eigenvalue weighted by molar-refractivity contribution is 0.912. The molecule has 0 saturated heterocycles. The minimum absolute atomic E-state index is 0.658. The number of fused-ring (bicyclic) bond motifs is 1. The predicted molar refractivity (Wildman–Crippen MR) is 61.1 cm³/mol. The van der Waals surface area contributed by atoms with Crippen LogP contribution in [-0.4, -0.2) is 9.55 Å². The number of aryl methyl sites for hydroxylation is 1. The average Bonchev–Trinajstić information content (AvgIpc) is 2.32. The number of hydrogen-bond donors (Lipinski definition) is 0. The Kier molecular flexibility index (Phi) is 2.38. The number of imidazole rings is 1. The Morgan fingerprint density at radius 1 is 1.38 bits per heavy atom. The van der Waals surface area contributed by atoms with Gasteiger partial charge in [-0.1, -0.05) is 27.5 Å². The minimum atomic E-state index is 0.658. The predicted octanol–water partition coefficient (Wildman–Crippen LogP) is 3.75. The van der Waals surface area contributed by atoms with E-state index >= 15 is 0 Å². The number of halogens is 3. The summed E-state index contributed by atoms with van der Waals surface area (Å²) in [5.41, 5.74) is 1.82. The highest BCUT2D eigenvalue weighted by Gasteiger charge is 2.09. The number of nitrogens with zero attached hydrogens (tertiary/aromatic N) is 2. The molecule has 13 heavy (non-hydrogen) atoms. The maximum absolute atomic E-state index is 6.02. The van der Waals surface area contributed by atoms with Crippen molar-refractivity contribution in [2.75, 3.05) is 0 Å². The first kappa shape index (κ1) is 9.49. The molecule has 0 amide bonds. The van der Waals surface area contributed by atoms with Gasteiger partial charge in [-0.2, -0.15) is 0 Å². The summed E-state index contributed by atoms with van der Waals surface area (Å²) in [6, 6.07) is 3.82. The normalized spacial score (nSPS) is 11.1. The summed E-state index contributed by atoms with van der Waals surface area (Å²) < 4.78 is 3.68. The molecular weight excluding hydrogens is 319 g/mol. The molecular formula is C8H5Br2ClN2. The van der Waals surface area contributed by atoms with Crippen LogP contribution in [0.4, 0.5) is 0 Å². The van der Waals surface area contributed by atoms with Gasteiger partial charge in [0.15, 0.2) is 4.73 Å². The maximum atomic E-state index is 6.02. The molecule has 0 N–H and O–H groups in total. The van der Waals surface area contributed by atoms with Gasteiger partial charge in [-0.15, -0.1) is 0 Å². The van der Waals surface area contributed by atoms with Crippen LogP contribution in [0.15, 0.2) is 21.3 Å². The summed E-state index contributed by atoms with van der Waals surface area (Å²) in [4.78, 5) is 4.28. The highest BCUT2D eigenvalue weighted by molar-refractivity contribution is 9.10. The highest BCUT2D eigenvalue weighted by Crippen LogP contribution is 2.29. The van der Waals surface area contributed by atoms with Gasteiger partial charge < -0.3 is 4.57 Å². The Morgan fingerprint density at radius 2 is 2.08 bits per heavy atom. The number of rotatable bonds is 0. The third kappa shape index (κ3) is 1.51. The highest BCUT2D eigenvalue weighted by atomic mass is 79.9. The molecule has 1 heterocycles. The largest absolute Gasteiger partial charge is 0.322 e. The van der Waals surface area contributed by atoms with Crippen LogP contribution in [-0.2, 0) is 7.05 Å². The van der Waals surface area contributed by atoms with Crippen LogP contribution in [0.25, 0.3) is 11.0 Å². The summed E-state index contributed by atoms with van der Waals surface area (Å²) in [6.07, 6.45) is 0. The van der Waals surface area contributed by atoms with Gasteiger partial charge in [0, 0.05) is 11.5 Å². The van der Waals surface area contributed by atoms with E-state index in [-0.39, 0.29) is 0 Å². The fraction of sp³-hybridized carbons (Fsp3) is 0.125. The van der Waals surface area contributed by atoms with Gasteiger partial charge in [0.2, 0.25) is 0 Å². The molecule has 0 spiro atoms. The van der Waals surface area contributed by atoms with Crippen molar-refractivity contribution in [3.8, 4) is 0 Å². The van der Waals surface area contributed by atoms with E-state index in [1.807, 2.05) is 23.7 Å². The molecule has 2 nitrogen and oxygen atoms in total. The van der Waals surface area contributed by atoms with E-state index in [0.29, 0.717) is 5.02 Å². The first-order valence-corrected chi connectivity index (χ1v) is 5.53. The molecule has 68 valence electrons. The van der Waals surface area contributed by atoms with Gasteiger partial charge in [-0.3, -0.25) is 0 Å². The van der Waals surface area contributed by atoms with E-state index in [9.17, 15) is 0 Å². The van der Waals surface area contributed by atoms with Crippen molar-refractivity contribution in [1.82, 2.24) is 9.55 Å². The Hall–Kier alpha value is -0.0600. The van der Waals surface area contributed by atoms with Crippen molar-refractivity contribution in [3.05, 3.63) is 26.4 Å². The first-order chi connectivity index (χ1) is 6.09. The third-order valence-electron chi connectivity index (χ3n) is 1.85. The van der Waals surface area contributed by atoms with Crippen LogP contribution in [0, 0.1) is 0 Å². The molecule has 0 aliphatic heterocycles. The Bertz CT molecular complexity index is 478. The monoisotopic (exact) mass is 322 g/mol. The van der Waals surface area contributed by atoms with Crippen molar-refractivity contribution >= 4 is 54.5 Å². The topological polar surface area (TPSA) is 17.8 Å². The molecule has 0 atom stereocenters. The summed E-state index contributed by atoms with van der Waals surface area (Å²) in [5, 5.41) is 0.658.